The molecule has 1 aromatic rings. The van der Waals surface area contributed by atoms with Crippen molar-refractivity contribution < 1.29 is 23.9 Å². The Hall–Kier alpha value is -2.57. The van der Waals surface area contributed by atoms with Gasteiger partial charge in [0.1, 0.15) is 5.60 Å². The van der Waals surface area contributed by atoms with Crippen molar-refractivity contribution >= 4 is 23.7 Å². The van der Waals surface area contributed by atoms with Crippen LogP contribution in [0.2, 0.25) is 0 Å². The second kappa shape index (κ2) is 8.90. The van der Waals surface area contributed by atoms with Crippen LogP contribution in [-0.2, 0) is 19.1 Å². The van der Waals surface area contributed by atoms with E-state index in [0.717, 1.165) is 5.56 Å². The molecule has 0 aliphatic carbocycles. The Kier molecular flexibility index (Phi) is 7.23. The van der Waals surface area contributed by atoms with Gasteiger partial charge in [-0.3, -0.25) is 9.59 Å². The van der Waals surface area contributed by atoms with Crippen LogP contribution in [0.15, 0.2) is 24.3 Å². The molecular formula is C17H24N2O5. The van der Waals surface area contributed by atoms with E-state index < -0.39 is 23.6 Å². The molecule has 2 amide bonds. The molecule has 0 saturated carbocycles. The zero-order chi connectivity index (χ0) is 18.2. The Balaban J connectivity index is 2.20. The van der Waals surface area contributed by atoms with Gasteiger partial charge >= 0.3 is 12.1 Å². The van der Waals surface area contributed by atoms with E-state index in [1.807, 2.05) is 19.1 Å². The van der Waals surface area contributed by atoms with E-state index in [-0.39, 0.29) is 19.6 Å². The van der Waals surface area contributed by atoms with Crippen molar-refractivity contribution in [3.8, 4) is 0 Å². The van der Waals surface area contributed by atoms with Crippen LogP contribution in [-0.4, -0.2) is 36.7 Å². The maximum Gasteiger partial charge on any atom is 0.407 e. The molecule has 0 saturated heterocycles. The number of rotatable bonds is 6. The fourth-order valence-corrected chi connectivity index (χ4v) is 1.63. The molecule has 0 heterocycles. The number of carbonyl (C=O) groups is 3. The number of benzene rings is 1. The van der Waals surface area contributed by atoms with Crippen molar-refractivity contribution in [1.29, 1.82) is 0 Å². The minimum atomic E-state index is -0.604. The van der Waals surface area contributed by atoms with Gasteiger partial charge in [-0.1, -0.05) is 17.7 Å². The zero-order valence-corrected chi connectivity index (χ0v) is 14.5. The maximum absolute atomic E-state index is 11.7. The van der Waals surface area contributed by atoms with Gasteiger partial charge in [-0.05, 0) is 39.8 Å². The van der Waals surface area contributed by atoms with Gasteiger partial charge in [0.2, 0.25) is 0 Å². The molecule has 0 unspecified atom stereocenters. The van der Waals surface area contributed by atoms with E-state index in [4.69, 9.17) is 9.47 Å². The largest absolute Gasteiger partial charge is 0.456 e. The van der Waals surface area contributed by atoms with Gasteiger partial charge in [0.15, 0.2) is 6.61 Å². The van der Waals surface area contributed by atoms with Crippen LogP contribution in [0, 0.1) is 6.92 Å². The summed E-state index contributed by atoms with van der Waals surface area (Å²) in [5, 5.41) is 5.06. The third-order valence-corrected chi connectivity index (χ3v) is 2.70. The normalized spacial score (nSPS) is 10.7. The Morgan fingerprint density at radius 1 is 1.08 bits per heavy atom. The number of alkyl carbamates (subject to hydrolysis) is 1. The molecule has 0 aliphatic heterocycles. The van der Waals surface area contributed by atoms with Crippen molar-refractivity contribution in [2.75, 3.05) is 18.5 Å². The summed E-state index contributed by atoms with van der Waals surface area (Å²) in [5.41, 5.74) is 1.11. The van der Waals surface area contributed by atoms with Gasteiger partial charge in [0, 0.05) is 12.2 Å². The fraction of sp³-hybridized carbons (Fsp3) is 0.471. The van der Waals surface area contributed by atoms with Crippen LogP contribution < -0.4 is 10.6 Å². The molecule has 0 aromatic heterocycles. The van der Waals surface area contributed by atoms with Gasteiger partial charge in [-0.25, -0.2) is 4.79 Å². The molecule has 0 aliphatic rings. The number of amides is 2. The van der Waals surface area contributed by atoms with Gasteiger partial charge in [-0.15, -0.1) is 0 Å². The molecule has 1 rings (SSSR count). The average molecular weight is 336 g/mol. The quantitative estimate of drug-likeness (QED) is 0.778. The molecule has 1 aromatic carbocycles. The van der Waals surface area contributed by atoms with E-state index in [0.29, 0.717) is 5.69 Å². The first-order valence-corrected chi connectivity index (χ1v) is 7.65. The number of aryl methyl sites for hydroxylation is 1. The molecule has 24 heavy (non-hydrogen) atoms. The number of carbonyl (C=O) groups excluding carboxylic acids is 3. The Labute approximate surface area is 141 Å². The second-order valence-corrected chi connectivity index (χ2v) is 6.25. The highest BCUT2D eigenvalue weighted by Gasteiger charge is 2.16. The predicted molar refractivity (Wildman–Crippen MR) is 89.6 cm³/mol. The molecule has 2 N–H and O–H groups in total. The first-order chi connectivity index (χ1) is 11.2. The summed E-state index contributed by atoms with van der Waals surface area (Å²) in [5.74, 6) is -1.00. The predicted octanol–water partition coefficient (Wildman–Crippen LogP) is 2.39. The highest BCUT2D eigenvalue weighted by Crippen LogP contribution is 2.08. The van der Waals surface area contributed by atoms with E-state index >= 15 is 0 Å². The lowest BCUT2D eigenvalue weighted by Gasteiger charge is -2.19. The van der Waals surface area contributed by atoms with Gasteiger partial charge in [0.25, 0.3) is 5.91 Å². The summed E-state index contributed by atoms with van der Waals surface area (Å²) in [6, 6.07) is 7.26. The number of esters is 1. The molecule has 0 radical (unpaired) electrons. The summed E-state index contributed by atoms with van der Waals surface area (Å²) in [4.78, 5) is 34.6. The third kappa shape index (κ3) is 8.77. The summed E-state index contributed by atoms with van der Waals surface area (Å²) >= 11 is 0. The Morgan fingerprint density at radius 3 is 2.29 bits per heavy atom. The topological polar surface area (TPSA) is 93.7 Å². The lowest BCUT2D eigenvalue weighted by Crippen LogP contribution is -2.34. The van der Waals surface area contributed by atoms with Crippen molar-refractivity contribution in [2.24, 2.45) is 0 Å². The van der Waals surface area contributed by atoms with Crippen molar-refractivity contribution in [1.82, 2.24) is 5.32 Å². The maximum atomic E-state index is 11.7. The van der Waals surface area contributed by atoms with Crippen molar-refractivity contribution in [2.45, 2.75) is 39.7 Å². The third-order valence-electron chi connectivity index (χ3n) is 2.70. The Morgan fingerprint density at radius 2 is 1.71 bits per heavy atom. The number of hydrogen-bond donors (Lipinski definition) is 2. The molecule has 132 valence electrons. The highest BCUT2D eigenvalue weighted by molar-refractivity contribution is 5.92. The van der Waals surface area contributed by atoms with Crippen LogP contribution in [0.3, 0.4) is 0 Å². The van der Waals surface area contributed by atoms with E-state index in [1.165, 1.54) is 0 Å². The summed E-state index contributed by atoms with van der Waals surface area (Å²) < 4.78 is 9.87. The Bertz CT molecular complexity index is 576. The monoisotopic (exact) mass is 336 g/mol. The average Bonchev–Trinajstić information content (AvgIpc) is 2.46. The lowest BCUT2D eigenvalue weighted by molar-refractivity contribution is -0.147. The van der Waals surface area contributed by atoms with Gasteiger partial charge in [0.05, 0.1) is 6.42 Å². The number of hydrogen-bond acceptors (Lipinski definition) is 5. The standard InChI is InChI=1S/C17H24N2O5/c1-12-5-7-13(8-6-12)19-14(20)11-23-15(21)9-10-18-16(22)24-17(2,3)4/h5-8H,9-11H2,1-4H3,(H,18,22)(H,19,20). The smallest absolute Gasteiger partial charge is 0.407 e. The highest BCUT2D eigenvalue weighted by atomic mass is 16.6. The molecule has 0 spiro atoms. The van der Waals surface area contributed by atoms with Crippen molar-refractivity contribution in [3.05, 3.63) is 29.8 Å². The molecular weight excluding hydrogens is 312 g/mol. The van der Waals surface area contributed by atoms with Crippen LogP contribution in [0.25, 0.3) is 0 Å². The lowest BCUT2D eigenvalue weighted by atomic mass is 10.2. The molecule has 7 nitrogen and oxygen atoms in total. The minimum Gasteiger partial charge on any atom is -0.456 e. The number of ether oxygens (including phenoxy) is 2. The molecule has 0 bridgehead atoms. The summed E-state index contributed by atoms with van der Waals surface area (Å²) in [6.07, 6.45) is -0.649. The van der Waals surface area contributed by atoms with Crippen LogP contribution >= 0.6 is 0 Å². The van der Waals surface area contributed by atoms with E-state index in [1.54, 1.807) is 32.9 Å². The van der Waals surface area contributed by atoms with E-state index in [9.17, 15) is 14.4 Å². The second-order valence-electron chi connectivity index (χ2n) is 6.25. The van der Waals surface area contributed by atoms with Crippen molar-refractivity contribution in [3.63, 3.8) is 0 Å². The molecule has 7 heteroatoms. The van der Waals surface area contributed by atoms with Gasteiger partial charge < -0.3 is 20.1 Å². The zero-order valence-electron chi connectivity index (χ0n) is 14.5. The minimum absolute atomic E-state index is 0.0446. The number of anilines is 1. The molecule has 0 atom stereocenters. The van der Waals surface area contributed by atoms with Gasteiger partial charge in [-0.2, -0.15) is 0 Å². The van der Waals surface area contributed by atoms with E-state index in [2.05, 4.69) is 10.6 Å². The summed E-state index contributed by atoms with van der Waals surface area (Å²) in [6.45, 7) is 6.87. The first kappa shape index (κ1) is 19.5. The van der Waals surface area contributed by atoms with Crippen LogP contribution in [0.4, 0.5) is 10.5 Å². The van der Waals surface area contributed by atoms with Crippen LogP contribution in [0.1, 0.15) is 32.8 Å². The summed E-state index contributed by atoms with van der Waals surface area (Å²) in [7, 11) is 0. The molecule has 0 fully saturated rings. The number of nitrogens with one attached hydrogen (secondary N) is 2. The SMILES string of the molecule is Cc1ccc(NC(=O)COC(=O)CCNC(=O)OC(C)(C)C)cc1. The van der Waals surface area contributed by atoms with Crippen LogP contribution in [0.5, 0.6) is 0 Å². The first-order valence-electron chi connectivity index (χ1n) is 7.65. The fourth-order valence-electron chi connectivity index (χ4n) is 1.63.